The van der Waals surface area contributed by atoms with Crippen LogP contribution in [0.25, 0.3) is 0 Å². The molecule has 0 fully saturated rings. The highest BCUT2D eigenvalue weighted by atomic mass is 16.5. The lowest BCUT2D eigenvalue weighted by Gasteiger charge is -2.11. The Kier molecular flexibility index (Phi) is 6.02. The number of benzene rings is 1. The number of hydrogen-bond donors (Lipinski definition) is 0. The van der Waals surface area contributed by atoms with E-state index in [1.54, 1.807) is 7.11 Å². The van der Waals surface area contributed by atoms with Gasteiger partial charge in [0.25, 0.3) is 0 Å². The van der Waals surface area contributed by atoms with Gasteiger partial charge in [-0.15, -0.1) is 0 Å². The van der Waals surface area contributed by atoms with E-state index in [2.05, 4.69) is 19.1 Å². The van der Waals surface area contributed by atoms with E-state index in [1.165, 1.54) is 16.7 Å². The van der Waals surface area contributed by atoms with Gasteiger partial charge < -0.3 is 9.47 Å². The van der Waals surface area contributed by atoms with Crippen molar-refractivity contribution in [3.8, 4) is 0 Å². The van der Waals surface area contributed by atoms with Crippen molar-refractivity contribution in [2.24, 2.45) is 0 Å². The Bertz CT molecular complexity index is 387. The van der Waals surface area contributed by atoms with Gasteiger partial charge in [-0.2, -0.15) is 0 Å². The zero-order valence-corrected chi connectivity index (χ0v) is 11.7. The molecule has 0 bridgehead atoms. The molecule has 0 atom stereocenters. The minimum Gasteiger partial charge on any atom is -0.382 e. The van der Waals surface area contributed by atoms with Crippen LogP contribution in [-0.4, -0.2) is 32.7 Å². The van der Waals surface area contributed by atoms with Gasteiger partial charge in [-0.25, -0.2) is 0 Å². The Morgan fingerprint density at radius 1 is 1.11 bits per heavy atom. The Morgan fingerprint density at radius 3 is 2.28 bits per heavy atom. The van der Waals surface area contributed by atoms with E-state index in [0.717, 1.165) is 5.56 Å². The summed E-state index contributed by atoms with van der Waals surface area (Å²) in [6, 6.07) is 4.22. The van der Waals surface area contributed by atoms with Crippen LogP contribution in [0, 0.1) is 20.8 Å². The summed E-state index contributed by atoms with van der Waals surface area (Å²) in [4.78, 5) is 11.8. The molecule has 1 rings (SSSR count). The lowest BCUT2D eigenvalue weighted by atomic mass is 9.96. The standard InChI is InChI=1S/C15H22O3/c1-11-7-12(2)15(13(3)8-11)9-14(16)10-18-6-5-17-4/h7-8H,5-6,9-10H2,1-4H3. The molecule has 0 aliphatic rings. The quantitative estimate of drug-likeness (QED) is 0.697. The van der Waals surface area contributed by atoms with Gasteiger partial charge >= 0.3 is 0 Å². The molecule has 0 aliphatic heterocycles. The highest BCUT2D eigenvalue weighted by Gasteiger charge is 2.09. The minimum absolute atomic E-state index is 0.112. The first kappa shape index (κ1) is 14.9. The number of carbonyl (C=O) groups excluding carboxylic acids is 1. The average Bonchev–Trinajstić information content (AvgIpc) is 2.29. The molecule has 100 valence electrons. The van der Waals surface area contributed by atoms with Crippen molar-refractivity contribution < 1.29 is 14.3 Å². The summed E-state index contributed by atoms with van der Waals surface area (Å²) in [5.41, 5.74) is 4.72. The zero-order valence-electron chi connectivity index (χ0n) is 11.7. The summed E-state index contributed by atoms with van der Waals surface area (Å²) >= 11 is 0. The van der Waals surface area contributed by atoms with Gasteiger partial charge in [0.2, 0.25) is 0 Å². The maximum absolute atomic E-state index is 11.8. The summed E-state index contributed by atoms with van der Waals surface area (Å²) < 4.78 is 10.1. The Morgan fingerprint density at radius 2 is 1.72 bits per heavy atom. The van der Waals surface area contributed by atoms with Gasteiger partial charge in [0.1, 0.15) is 6.61 Å². The Labute approximate surface area is 109 Å². The van der Waals surface area contributed by atoms with Gasteiger partial charge in [-0.05, 0) is 37.5 Å². The molecule has 0 aliphatic carbocycles. The molecule has 0 radical (unpaired) electrons. The van der Waals surface area contributed by atoms with Crippen molar-refractivity contribution in [3.05, 3.63) is 34.4 Å². The third-order valence-electron chi connectivity index (χ3n) is 2.91. The number of ketones is 1. The number of rotatable bonds is 7. The number of carbonyl (C=O) groups is 1. The summed E-state index contributed by atoms with van der Waals surface area (Å²) in [6.45, 7) is 7.32. The normalized spacial score (nSPS) is 10.7. The molecule has 1 aromatic carbocycles. The van der Waals surface area contributed by atoms with Crippen molar-refractivity contribution in [3.63, 3.8) is 0 Å². The third kappa shape index (κ3) is 4.59. The van der Waals surface area contributed by atoms with Gasteiger partial charge in [0.05, 0.1) is 13.2 Å². The first-order valence-corrected chi connectivity index (χ1v) is 6.19. The summed E-state index contributed by atoms with van der Waals surface area (Å²) in [5.74, 6) is 0.112. The minimum atomic E-state index is 0.112. The molecule has 18 heavy (non-hydrogen) atoms. The maximum atomic E-state index is 11.8. The second kappa shape index (κ2) is 7.29. The molecule has 3 heteroatoms. The van der Waals surface area contributed by atoms with E-state index in [4.69, 9.17) is 9.47 Å². The molecule has 0 aromatic heterocycles. The zero-order chi connectivity index (χ0) is 13.5. The van der Waals surface area contributed by atoms with Crippen molar-refractivity contribution in [2.75, 3.05) is 26.9 Å². The topological polar surface area (TPSA) is 35.5 Å². The van der Waals surface area contributed by atoms with Gasteiger partial charge in [0.15, 0.2) is 5.78 Å². The predicted octanol–water partition coefficient (Wildman–Crippen LogP) is 2.39. The van der Waals surface area contributed by atoms with Crippen LogP contribution in [0.1, 0.15) is 22.3 Å². The van der Waals surface area contributed by atoms with Crippen LogP contribution in [-0.2, 0) is 20.7 Å². The fourth-order valence-corrected chi connectivity index (χ4v) is 2.07. The van der Waals surface area contributed by atoms with Crippen LogP contribution in [0.4, 0.5) is 0 Å². The first-order valence-electron chi connectivity index (χ1n) is 6.19. The predicted molar refractivity (Wildman–Crippen MR) is 72.1 cm³/mol. The summed E-state index contributed by atoms with van der Waals surface area (Å²) in [6.07, 6.45) is 0.449. The molecular formula is C15H22O3. The average molecular weight is 250 g/mol. The van der Waals surface area contributed by atoms with Crippen LogP contribution in [0.5, 0.6) is 0 Å². The van der Waals surface area contributed by atoms with Crippen LogP contribution in [0.2, 0.25) is 0 Å². The third-order valence-corrected chi connectivity index (χ3v) is 2.91. The lowest BCUT2D eigenvalue weighted by Crippen LogP contribution is -2.15. The second-order valence-corrected chi connectivity index (χ2v) is 4.64. The number of Topliss-reactive ketones (excluding diaryl/α,β-unsaturated/α-hetero) is 1. The fraction of sp³-hybridized carbons (Fsp3) is 0.533. The van der Waals surface area contributed by atoms with E-state index in [1.807, 2.05) is 13.8 Å². The highest BCUT2D eigenvalue weighted by molar-refractivity contribution is 5.82. The van der Waals surface area contributed by atoms with E-state index in [9.17, 15) is 4.79 Å². The molecular weight excluding hydrogens is 228 g/mol. The van der Waals surface area contributed by atoms with Crippen LogP contribution in [0.3, 0.4) is 0 Å². The van der Waals surface area contributed by atoms with Gasteiger partial charge in [-0.3, -0.25) is 4.79 Å². The Balaban J connectivity index is 2.54. The summed E-state index contributed by atoms with van der Waals surface area (Å²) in [5, 5.41) is 0. The summed E-state index contributed by atoms with van der Waals surface area (Å²) in [7, 11) is 1.62. The molecule has 0 saturated heterocycles. The maximum Gasteiger partial charge on any atom is 0.162 e. The van der Waals surface area contributed by atoms with E-state index in [-0.39, 0.29) is 12.4 Å². The number of aryl methyl sites for hydroxylation is 3. The monoisotopic (exact) mass is 250 g/mol. The fourth-order valence-electron chi connectivity index (χ4n) is 2.07. The smallest absolute Gasteiger partial charge is 0.162 e. The van der Waals surface area contributed by atoms with Crippen molar-refractivity contribution in [2.45, 2.75) is 27.2 Å². The molecule has 0 amide bonds. The molecule has 0 N–H and O–H groups in total. The van der Waals surface area contributed by atoms with Crippen molar-refractivity contribution in [1.29, 1.82) is 0 Å². The van der Waals surface area contributed by atoms with Crippen LogP contribution in [0.15, 0.2) is 12.1 Å². The number of methoxy groups -OCH3 is 1. The molecule has 0 spiro atoms. The number of ether oxygens (including phenoxy) is 2. The van der Waals surface area contributed by atoms with Crippen molar-refractivity contribution in [1.82, 2.24) is 0 Å². The lowest BCUT2D eigenvalue weighted by molar-refractivity contribution is -0.123. The Hall–Kier alpha value is -1.19. The van der Waals surface area contributed by atoms with Crippen LogP contribution >= 0.6 is 0 Å². The molecule has 0 saturated carbocycles. The molecule has 1 aromatic rings. The van der Waals surface area contributed by atoms with Crippen LogP contribution < -0.4 is 0 Å². The van der Waals surface area contributed by atoms with Crippen molar-refractivity contribution >= 4 is 5.78 Å². The van der Waals surface area contributed by atoms with E-state index in [0.29, 0.717) is 19.6 Å². The largest absolute Gasteiger partial charge is 0.382 e. The van der Waals surface area contributed by atoms with E-state index >= 15 is 0 Å². The molecule has 0 unspecified atom stereocenters. The van der Waals surface area contributed by atoms with E-state index < -0.39 is 0 Å². The number of hydrogen-bond acceptors (Lipinski definition) is 3. The highest BCUT2D eigenvalue weighted by Crippen LogP contribution is 2.17. The second-order valence-electron chi connectivity index (χ2n) is 4.64. The first-order chi connectivity index (χ1) is 8.54. The molecule has 3 nitrogen and oxygen atoms in total. The van der Waals surface area contributed by atoms with Gasteiger partial charge in [-0.1, -0.05) is 17.7 Å². The molecule has 0 heterocycles. The van der Waals surface area contributed by atoms with Gasteiger partial charge in [0, 0.05) is 13.5 Å². The SMILES string of the molecule is COCCOCC(=O)Cc1c(C)cc(C)cc1C.